The first-order chi connectivity index (χ1) is 18.6. The van der Waals surface area contributed by atoms with Crippen molar-refractivity contribution in [1.29, 1.82) is 0 Å². The molecule has 0 bridgehead atoms. The van der Waals surface area contributed by atoms with Gasteiger partial charge in [0.2, 0.25) is 11.8 Å². The Morgan fingerprint density at radius 3 is 2.51 bits per heavy atom. The average molecular weight is 539 g/mol. The number of anilines is 1. The van der Waals surface area contributed by atoms with Gasteiger partial charge in [-0.2, -0.15) is 13.2 Å². The monoisotopic (exact) mass is 539 g/mol. The maximum atomic E-state index is 15.0. The Hall–Kier alpha value is -4.87. The number of carbonyl (C=O) groups is 1. The van der Waals surface area contributed by atoms with Gasteiger partial charge in [0, 0.05) is 58.0 Å². The highest BCUT2D eigenvalue weighted by molar-refractivity contribution is 5.92. The molecule has 4 heterocycles. The van der Waals surface area contributed by atoms with E-state index in [4.69, 9.17) is 4.74 Å². The highest BCUT2D eigenvalue weighted by Crippen LogP contribution is 2.32. The van der Waals surface area contributed by atoms with Crippen LogP contribution < -0.4 is 10.1 Å². The number of aromatic nitrogens is 4. The van der Waals surface area contributed by atoms with Crippen LogP contribution in [0.1, 0.15) is 11.1 Å². The summed E-state index contributed by atoms with van der Waals surface area (Å²) < 4.78 is 73.7. The van der Waals surface area contributed by atoms with Crippen molar-refractivity contribution in [2.24, 2.45) is 0 Å². The Kier molecular flexibility index (Phi) is 6.69. The van der Waals surface area contributed by atoms with E-state index in [1.807, 2.05) is 0 Å². The Morgan fingerprint density at radius 1 is 0.949 bits per heavy atom. The van der Waals surface area contributed by atoms with Crippen LogP contribution in [0.25, 0.3) is 33.4 Å². The first-order valence-corrected chi connectivity index (χ1v) is 11.4. The fraction of sp³-hybridized carbons (Fsp3) is 0.111. The van der Waals surface area contributed by atoms with E-state index in [0.29, 0.717) is 28.5 Å². The van der Waals surface area contributed by atoms with E-state index in [-0.39, 0.29) is 16.9 Å². The molecule has 0 unspecified atom stereocenters. The number of amides is 1. The summed E-state index contributed by atoms with van der Waals surface area (Å²) in [6.45, 7) is 0. The van der Waals surface area contributed by atoms with Crippen LogP contribution in [0.15, 0.2) is 67.1 Å². The van der Waals surface area contributed by atoms with Crippen LogP contribution in [-0.2, 0) is 17.4 Å². The number of hydrogen-bond acceptors (Lipinski definition) is 5. The van der Waals surface area contributed by atoms with Crippen LogP contribution in [0.3, 0.4) is 0 Å². The number of nitrogens with zero attached hydrogens (tertiary/aromatic N) is 3. The largest absolute Gasteiger partial charge is 0.481 e. The van der Waals surface area contributed by atoms with Crippen LogP contribution >= 0.6 is 0 Å². The number of H-pyrrole nitrogens is 1. The zero-order valence-corrected chi connectivity index (χ0v) is 20.1. The molecule has 0 aliphatic rings. The first-order valence-electron chi connectivity index (χ1n) is 11.4. The molecule has 0 aliphatic carbocycles. The van der Waals surface area contributed by atoms with Crippen molar-refractivity contribution in [3.8, 4) is 28.3 Å². The molecule has 1 amide bonds. The van der Waals surface area contributed by atoms with E-state index in [2.05, 4.69) is 25.3 Å². The quantitative estimate of drug-likeness (QED) is 0.252. The standard InChI is InChI=1S/C27H18F5N5O2/c1-39-25-10-14(2-4-34-25)22-8-16-6-17(13-35-26(16)36-22)19-12-20(28)15(7-21(19)29)9-24(38)37-23-11-18(3-5-33-23)27(30,31)32/h2-8,10-13H,9H2,1H3,(H,35,36)(H,33,37,38). The van der Waals surface area contributed by atoms with Crippen LogP contribution in [0, 0.1) is 11.6 Å². The molecule has 2 N–H and O–H groups in total. The fourth-order valence-corrected chi connectivity index (χ4v) is 3.99. The zero-order chi connectivity index (χ0) is 27.7. The van der Waals surface area contributed by atoms with Gasteiger partial charge >= 0.3 is 6.18 Å². The number of alkyl halides is 3. The molecule has 39 heavy (non-hydrogen) atoms. The van der Waals surface area contributed by atoms with Crippen LogP contribution in [0.4, 0.5) is 27.8 Å². The summed E-state index contributed by atoms with van der Waals surface area (Å²) >= 11 is 0. The lowest BCUT2D eigenvalue weighted by Gasteiger charge is -2.10. The average Bonchev–Trinajstić information content (AvgIpc) is 3.34. The lowest BCUT2D eigenvalue weighted by atomic mass is 10.0. The number of nitrogens with one attached hydrogen (secondary N) is 2. The van der Waals surface area contributed by atoms with Gasteiger partial charge < -0.3 is 15.0 Å². The predicted molar refractivity (Wildman–Crippen MR) is 133 cm³/mol. The molecule has 0 saturated carbocycles. The van der Waals surface area contributed by atoms with E-state index in [1.165, 1.54) is 13.3 Å². The van der Waals surface area contributed by atoms with Crippen molar-refractivity contribution < 1.29 is 31.5 Å². The molecule has 0 aliphatic heterocycles. The third-order valence-corrected chi connectivity index (χ3v) is 5.88. The van der Waals surface area contributed by atoms with E-state index in [0.717, 1.165) is 35.7 Å². The van der Waals surface area contributed by atoms with Gasteiger partial charge in [-0.1, -0.05) is 0 Å². The molecule has 5 aromatic rings. The number of rotatable bonds is 6. The zero-order valence-electron chi connectivity index (χ0n) is 20.1. The molecule has 0 fully saturated rings. The topological polar surface area (TPSA) is 92.8 Å². The number of fused-ring (bicyclic) bond motifs is 1. The molecule has 0 radical (unpaired) electrons. The third-order valence-electron chi connectivity index (χ3n) is 5.88. The van der Waals surface area contributed by atoms with E-state index >= 15 is 4.39 Å². The van der Waals surface area contributed by atoms with Gasteiger partial charge in [-0.25, -0.2) is 23.7 Å². The van der Waals surface area contributed by atoms with Crippen LogP contribution in [0.2, 0.25) is 0 Å². The SMILES string of the molecule is COc1cc(-c2cc3cc(-c4cc(F)c(CC(=O)Nc5cc(C(F)(F)F)ccn5)cc4F)cnc3[nH]2)ccn1. The van der Waals surface area contributed by atoms with Crippen molar-refractivity contribution in [3.63, 3.8) is 0 Å². The minimum Gasteiger partial charge on any atom is -0.481 e. The number of halogens is 5. The highest BCUT2D eigenvalue weighted by atomic mass is 19.4. The molecule has 4 aromatic heterocycles. The van der Waals surface area contributed by atoms with Gasteiger partial charge in [0.05, 0.1) is 19.1 Å². The summed E-state index contributed by atoms with van der Waals surface area (Å²) in [6, 6.07) is 10.2. The molecule has 12 heteroatoms. The van der Waals surface area contributed by atoms with Crippen molar-refractivity contribution in [3.05, 3.63) is 89.9 Å². The summed E-state index contributed by atoms with van der Waals surface area (Å²) in [4.78, 5) is 27.5. The lowest BCUT2D eigenvalue weighted by molar-refractivity contribution is -0.137. The van der Waals surface area contributed by atoms with Crippen LogP contribution in [0.5, 0.6) is 5.88 Å². The summed E-state index contributed by atoms with van der Waals surface area (Å²) in [6.07, 6.45) is -1.37. The normalized spacial score (nSPS) is 11.5. The second kappa shape index (κ2) is 10.1. The molecule has 0 atom stereocenters. The van der Waals surface area contributed by atoms with Gasteiger partial charge in [-0.15, -0.1) is 0 Å². The Bertz CT molecular complexity index is 1700. The van der Waals surface area contributed by atoms with Gasteiger partial charge in [0.25, 0.3) is 0 Å². The molecule has 0 saturated heterocycles. The first kappa shape index (κ1) is 25.8. The maximum absolute atomic E-state index is 15.0. The second-order valence-electron chi connectivity index (χ2n) is 8.51. The maximum Gasteiger partial charge on any atom is 0.416 e. The number of hydrogen-bond donors (Lipinski definition) is 2. The molecular formula is C27H18F5N5O2. The molecule has 0 spiro atoms. The lowest BCUT2D eigenvalue weighted by Crippen LogP contribution is -2.17. The van der Waals surface area contributed by atoms with Gasteiger partial charge in [-0.3, -0.25) is 4.79 Å². The number of carbonyl (C=O) groups excluding carboxylic acids is 1. The van der Waals surface area contributed by atoms with E-state index in [1.54, 1.807) is 30.5 Å². The molecule has 7 nitrogen and oxygen atoms in total. The number of benzene rings is 1. The van der Waals surface area contributed by atoms with Crippen molar-refractivity contribution in [2.75, 3.05) is 12.4 Å². The number of aromatic amines is 1. The Labute approximate surface area is 217 Å². The summed E-state index contributed by atoms with van der Waals surface area (Å²) in [5.74, 6) is -2.45. The summed E-state index contributed by atoms with van der Waals surface area (Å²) in [5.41, 5.74) is 1.00. The van der Waals surface area contributed by atoms with Crippen molar-refractivity contribution in [1.82, 2.24) is 19.9 Å². The van der Waals surface area contributed by atoms with Gasteiger partial charge in [0.15, 0.2) is 0 Å². The Morgan fingerprint density at radius 2 is 1.74 bits per heavy atom. The smallest absolute Gasteiger partial charge is 0.416 e. The fourth-order valence-electron chi connectivity index (χ4n) is 3.99. The summed E-state index contributed by atoms with van der Waals surface area (Å²) in [5, 5.41) is 2.82. The number of ether oxygens (including phenoxy) is 1. The molecule has 1 aromatic carbocycles. The van der Waals surface area contributed by atoms with E-state index in [9.17, 15) is 22.4 Å². The highest BCUT2D eigenvalue weighted by Gasteiger charge is 2.31. The molecular weight excluding hydrogens is 521 g/mol. The van der Waals surface area contributed by atoms with E-state index < -0.39 is 35.7 Å². The van der Waals surface area contributed by atoms with Gasteiger partial charge in [-0.05, 0) is 42.5 Å². The third kappa shape index (κ3) is 5.54. The summed E-state index contributed by atoms with van der Waals surface area (Å²) in [7, 11) is 1.50. The molecule has 198 valence electrons. The van der Waals surface area contributed by atoms with Crippen molar-refractivity contribution >= 4 is 22.8 Å². The van der Waals surface area contributed by atoms with Crippen LogP contribution in [-0.4, -0.2) is 33.0 Å². The van der Waals surface area contributed by atoms with Gasteiger partial charge in [0.1, 0.15) is 23.1 Å². The number of methoxy groups -OCH3 is 1. The molecule has 5 rings (SSSR count). The van der Waals surface area contributed by atoms with Crippen molar-refractivity contribution in [2.45, 2.75) is 12.6 Å². The minimum absolute atomic E-state index is 0.0704. The number of pyridine rings is 3. The Balaban J connectivity index is 1.37. The minimum atomic E-state index is -4.63. The second-order valence-corrected chi connectivity index (χ2v) is 8.51. The predicted octanol–water partition coefficient (Wildman–Crippen LogP) is 6.17.